The normalized spacial score (nSPS) is 27.9. The Morgan fingerprint density at radius 1 is 1.10 bits per heavy atom. The van der Waals surface area contributed by atoms with Crippen molar-refractivity contribution in [1.82, 2.24) is 9.80 Å². The van der Waals surface area contributed by atoms with Crippen LogP contribution in [-0.2, 0) is 0 Å². The summed E-state index contributed by atoms with van der Waals surface area (Å²) in [7, 11) is 2.16. The largest absolute Gasteiger partial charge is 0.487 e. The molecule has 1 aromatic rings. The molecule has 4 heteroatoms. The highest BCUT2D eigenvalue weighted by atomic mass is 19.1. The molecule has 3 rings (SSSR count). The summed E-state index contributed by atoms with van der Waals surface area (Å²) >= 11 is 0. The number of likely N-dealkylation sites (N-methyl/N-ethyl adjacent to an activating group) is 1. The SMILES string of the molecule is CN1C[C@@H](Oc2ccc(F)cc2)[C@H]1CN1CCCCCC1. The van der Waals surface area contributed by atoms with Gasteiger partial charge in [-0.15, -0.1) is 0 Å². The van der Waals surface area contributed by atoms with E-state index in [1.807, 2.05) is 0 Å². The van der Waals surface area contributed by atoms with Gasteiger partial charge in [0.25, 0.3) is 0 Å². The fourth-order valence-electron chi connectivity index (χ4n) is 3.33. The summed E-state index contributed by atoms with van der Waals surface area (Å²) in [4.78, 5) is 4.94. The molecule has 1 aromatic carbocycles. The van der Waals surface area contributed by atoms with Gasteiger partial charge in [-0.25, -0.2) is 4.39 Å². The molecule has 0 amide bonds. The number of likely N-dealkylation sites (tertiary alicyclic amines) is 2. The summed E-state index contributed by atoms with van der Waals surface area (Å²) in [6, 6.07) is 6.81. The summed E-state index contributed by atoms with van der Waals surface area (Å²) in [5, 5.41) is 0. The summed E-state index contributed by atoms with van der Waals surface area (Å²) < 4.78 is 19.0. The lowest BCUT2D eigenvalue weighted by molar-refractivity contribution is -0.0428. The molecule has 2 aliphatic rings. The summed E-state index contributed by atoms with van der Waals surface area (Å²) in [6.45, 7) is 4.47. The lowest BCUT2D eigenvalue weighted by atomic mass is 9.99. The molecule has 116 valence electrons. The first-order valence-electron chi connectivity index (χ1n) is 8.07. The van der Waals surface area contributed by atoms with Crippen molar-refractivity contribution in [3.05, 3.63) is 30.1 Å². The Kier molecular flexibility index (Phi) is 4.76. The summed E-state index contributed by atoms with van der Waals surface area (Å²) in [5.74, 6) is 0.560. The molecular weight excluding hydrogens is 267 g/mol. The van der Waals surface area contributed by atoms with Crippen molar-refractivity contribution in [3.63, 3.8) is 0 Å². The summed E-state index contributed by atoms with van der Waals surface area (Å²) in [5.41, 5.74) is 0. The van der Waals surface area contributed by atoms with Crippen LogP contribution in [0.2, 0.25) is 0 Å². The molecule has 0 spiro atoms. The molecule has 0 aliphatic carbocycles. The Morgan fingerprint density at radius 3 is 2.38 bits per heavy atom. The molecule has 0 unspecified atom stereocenters. The van der Waals surface area contributed by atoms with Crippen LogP contribution in [0, 0.1) is 5.82 Å². The highest BCUT2D eigenvalue weighted by Crippen LogP contribution is 2.24. The monoisotopic (exact) mass is 292 g/mol. The number of hydrogen-bond donors (Lipinski definition) is 0. The van der Waals surface area contributed by atoms with Crippen molar-refractivity contribution >= 4 is 0 Å². The first-order valence-corrected chi connectivity index (χ1v) is 8.07. The summed E-state index contributed by atoms with van der Waals surface area (Å²) in [6.07, 6.45) is 5.60. The van der Waals surface area contributed by atoms with Gasteiger partial charge < -0.3 is 9.64 Å². The highest BCUT2D eigenvalue weighted by molar-refractivity contribution is 5.23. The third-order valence-electron chi connectivity index (χ3n) is 4.71. The first kappa shape index (κ1) is 14.8. The van der Waals surface area contributed by atoms with Crippen molar-refractivity contribution in [2.75, 3.05) is 33.2 Å². The van der Waals surface area contributed by atoms with Gasteiger partial charge in [-0.2, -0.15) is 0 Å². The molecule has 0 saturated carbocycles. The van der Waals surface area contributed by atoms with Crippen LogP contribution in [0.4, 0.5) is 4.39 Å². The van der Waals surface area contributed by atoms with E-state index in [4.69, 9.17) is 4.74 Å². The van der Waals surface area contributed by atoms with Crippen molar-refractivity contribution < 1.29 is 9.13 Å². The minimum absolute atomic E-state index is 0.214. The van der Waals surface area contributed by atoms with E-state index in [-0.39, 0.29) is 11.9 Å². The van der Waals surface area contributed by atoms with E-state index in [9.17, 15) is 4.39 Å². The zero-order valence-electron chi connectivity index (χ0n) is 12.8. The van der Waals surface area contributed by atoms with E-state index in [0.717, 1.165) is 18.8 Å². The van der Waals surface area contributed by atoms with Gasteiger partial charge in [0.2, 0.25) is 0 Å². The molecule has 2 saturated heterocycles. The standard InChI is InChI=1S/C17H25FN2O/c1-19-13-17(21-15-8-6-14(18)7-9-15)16(19)12-20-10-4-2-3-5-11-20/h6-9,16-17H,2-5,10-13H2,1H3/t16-,17-/m1/s1. The van der Waals surface area contributed by atoms with E-state index >= 15 is 0 Å². The van der Waals surface area contributed by atoms with Crippen LogP contribution in [-0.4, -0.2) is 55.2 Å². The average Bonchev–Trinajstić information content (AvgIpc) is 2.75. The molecule has 2 aliphatic heterocycles. The van der Waals surface area contributed by atoms with Gasteiger partial charge in [0.05, 0.1) is 6.04 Å². The van der Waals surface area contributed by atoms with Crippen molar-refractivity contribution in [1.29, 1.82) is 0 Å². The minimum Gasteiger partial charge on any atom is -0.487 e. The quantitative estimate of drug-likeness (QED) is 0.848. The Labute approximate surface area is 126 Å². The number of ether oxygens (including phenoxy) is 1. The maximum Gasteiger partial charge on any atom is 0.128 e. The molecule has 3 nitrogen and oxygen atoms in total. The van der Waals surface area contributed by atoms with E-state index < -0.39 is 0 Å². The van der Waals surface area contributed by atoms with Crippen LogP contribution < -0.4 is 4.74 Å². The molecule has 2 heterocycles. The first-order chi connectivity index (χ1) is 10.2. The van der Waals surface area contributed by atoms with Crippen LogP contribution in [0.15, 0.2) is 24.3 Å². The van der Waals surface area contributed by atoms with Gasteiger partial charge >= 0.3 is 0 Å². The molecule has 21 heavy (non-hydrogen) atoms. The van der Waals surface area contributed by atoms with Gasteiger partial charge in [-0.3, -0.25) is 4.90 Å². The van der Waals surface area contributed by atoms with Gasteiger partial charge in [-0.1, -0.05) is 12.8 Å². The molecular formula is C17H25FN2O. The fourth-order valence-corrected chi connectivity index (χ4v) is 3.33. The molecule has 0 N–H and O–H groups in total. The number of benzene rings is 1. The van der Waals surface area contributed by atoms with Gasteiger partial charge in [-0.05, 0) is 57.2 Å². The Balaban J connectivity index is 1.55. The average molecular weight is 292 g/mol. The molecule has 2 atom stereocenters. The predicted octanol–water partition coefficient (Wildman–Crippen LogP) is 2.76. The van der Waals surface area contributed by atoms with Crippen LogP contribution in [0.1, 0.15) is 25.7 Å². The third-order valence-corrected chi connectivity index (χ3v) is 4.71. The maximum absolute atomic E-state index is 12.9. The predicted molar refractivity (Wildman–Crippen MR) is 82.1 cm³/mol. The smallest absolute Gasteiger partial charge is 0.128 e. The number of halogens is 1. The zero-order chi connectivity index (χ0) is 14.7. The van der Waals surface area contributed by atoms with Crippen LogP contribution in [0.3, 0.4) is 0 Å². The van der Waals surface area contributed by atoms with Crippen LogP contribution in [0.25, 0.3) is 0 Å². The van der Waals surface area contributed by atoms with E-state index in [1.54, 1.807) is 12.1 Å². The second-order valence-corrected chi connectivity index (χ2v) is 6.33. The fraction of sp³-hybridized carbons (Fsp3) is 0.647. The molecule has 2 fully saturated rings. The zero-order valence-corrected chi connectivity index (χ0v) is 12.8. The minimum atomic E-state index is -0.214. The highest BCUT2D eigenvalue weighted by Gasteiger charge is 2.39. The van der Waals surface area contributed by atoms with E-state index in [1.165, 1.54) is 50.9 Å². The topological polar surface area (TPSA) is 15.7 Å². The maximum atomic E-state index is 12.9. The number of nitrogens with zero attached hydrogens (tertiary/aromatic N) is 2. The lowest BCUT2D eigenvalue weighted by Gasteiger charge is -2.47. The number of rotatable bonds is 4. The molecule has 0 aromatic heterocycles. The molecule has 0 bridgehead atoms. The third kappa shape index (κ3) is 3.74. The molecule has 0 radical (unpaired) electrons. The van der Waals surface area contributed by atoms with Gasteiger partial charge in [0.15, 0.2) is 0 Å². The van der Waals surface area contributed by atoms with Gasteiger partial charge in [0.1, 0.15) is 17.7 Å². The Morgan fingerprint density at radius 2 is 1.76 bits per heavy atom. The van der Waals surface area contributed by atoms with Crippen molar-refractivity contribution in [2.24, 2.45) is 0 Å². The number of hydrogen-bond acceptors (Lipinski definition) is 3. The van der Waals surface area contributed by atoms with E-state index in [2.05, 4.69) is 16.8 Å². The van der Waals surface area contributed by atoms with Crippen molar-refractivity contribution in [3.8, 4) is 5.75 Å². The second kappa shape index (κ2) is 6.75. The second-order valence-electron chi connectivity index (χ2n) is 6.33. The lowest BCUT2D eigenvalue weighted by Crippen LogP contribution is -2.64. The van der Waals surface area contributed by atoms with E-state index in [0.29, 0.717) is 6.04 Å². The Bertz CT molecular complexity index is 443. The Hall–Kier alpha value is -1.13. The van der Waals surface area contributed by atoms with Crippen LogP contribution >= 0.6 is 0 Å². The van der Waals surface area contributed by atoms with Gasteiger partial charge in [0, 0.05) is 13.1 Å². The van der Waals surface area contributed by atoms with Crippen molar-refractivity contribution in [2.45, 2.75) is 37.8 Å². The van der Waals surface area contributed by atoms with Crippen LogP contribution in [0.5, 0.6) is 5.75 Å².